The number of halogens is 1. The largest absolute Gasteiger partial charge is 0.381 e. The second kappa shape index (κ2) is 6.12. The molecule has 1 saturated heterocycles. The third kappa shape index (κ3) is 3.27. The van der Waals surface area contributed by atoms with E-state index >= 15 is 0 Å². The minimum atomic E-state index is -0.112. The molecule has 0 saturated carbocycles. The Morgan fingerprint density at radius 3 is 2.71 bits per heavy atom. The van der Waals surface area contributed by atoms with E-state index in [1.165, 1.54) is 6.07 Å². The molecule has 2 rings (SSSR count). The van der Waals surface area contributed by atoms with Crippen molar-refractivity contribution in [3.63, 3.8) is 0 Å². The Morgan fingerprint density at radius 1 is 1.35 bits per heavy atom. The van der Waals surface area contributed by atoms with Gasteiger partial charge in [-0.15, -0.1) is 0 Å². The van der Waals surface area contributed by atoms with Crippen LogP contribution in [0.3, 0.4) is 0 Å². The van der Waals surface area contributed by atoms with Crippen LogP contribution in [0.15, 0.2) is 24.3 Å². The molecular formula is C14H20FNO. The first kappa shape index (κ1) is 12.5. The van der Waals surface area contributed by atoms with Crippen LogP contribution in [-0.2, 0) is 4.74 Å². The predicted molar refractivity (Wildman–Crippen MR) is 66.4 cm³/mol. The van der Waals surface area contributed by atoms with Gasteiger partial charge in [0.25, 0.3) is 0 Å². The second-order valence-electron chi connectivity index (χ2n) is 4.65. The van der Waals surface area contributed by atoms with Crippen LogP contribution in [0.25, 0.3) is 0 Å². The van der Waals surface area contributed by atoms with Gasteiger partial charge in [-0.05, 0) is 38.3 Å². The average Bonchev–Trinajstić information content (AvgIpc) is 2.38. The number of benzene rings is 1. The third-order valence-electron chi connectivity index (χ3n) is 3.54. The van der Waals surface area contributed by atoms with Gasteiger partial charge in [0.05, 0.1) is 0 Å². The quantitative estimate of drug-likeness (QED) is 0.869. The van der Waals surface area contributed by atoms with Crippen LogP contribution < -0.4 is 5.32 Å². The standard InChI is InChI=1S/C14H20FNO/c1-16-14(10-11-6-8-17-9-7-11)12-4-2-3-5-13(12)15/h2-5,11,14,16H,6-10H2,1H3. The van der Waals surface area contributed by atoms with Gasteiger partial charge in [-0.25, -0.2) is 4.39 Å². The minimum absolute atomic E-state index is 0.110. The van der Waals surface area contributed by atoms with Gasteiger partial charge in [-0.2, -0.15) is 0 Å². The van der Waals surface area contributed by atoms with Gasteiger partial charge < -0.3 is 10.1 Å². The highest BCUT2D eigenvalue weighted by Crippen LogP contribution is 2.28. The van der Waals surface area contributed by atoms with Crippen molar-refractivity contribution < 1.29 is 9.13 Å². The highest BCUT2D eigenvalue weighted by molar-refractivity contribution is 5.21. The molecule has 1 heterocycles. The number of rotatable bonds is 4. The molecule has 0 radical (unpaired) electrons. The summed E-state index contributed by atoms with van der Waals surface area (Å²) < 4.78 is 19.1. The molecule has 0 bridgehead atoms. The lowest BCUT2D eigenvalue weighted by Crippen LogP contribution is -2.24. The van der Waals surface area contributed by atoms with Crippen molar-refractivity contribution in [3.8, 4) is 0 Å². The Balaban J connectivity index is 2.03. The molecule has 0 aliphatic carbocycles. The molecule has 1 aromatic carbocycles. The topological polar surface area (TPSA) is 21.3 Å². The van der Waals surface area contributed by atoms with E-state index in [2.05, 4.69) is 5.32 Å². The fourth-order valence-corrected chi connectivity index (χ4v) is 2.47. The summed E-state index contributed by atoms with van der Waals surface area (Å²) in [6.07, 6.45) is 3.17. The summed E-state index contributed by atoms with van der Waals surface area (Å²) in [6, 6.07) is 7.14. The summed E-state index contributed by atoms with van der Waals surface area (Å²) in [7, 11) is 1.90. The zero-order valence-corrected chi connectivity index (χ0v) is 10.3. The molecule has 1 aliphatic rings. The smallest absolute Gasteiger partial charge is 0.127 e. The van der Waals surface area contributed by atoms with E-state index in [0.29, 0.717) is 5.92 Å². The average molecular weight is 237 g/mol. The van der Waals surface area contributed by atoms with E-state index in [1.807, 2.05) is 19.2 Å². The maximum atomic E-state index is 13.7. The highest BCUT2D eigenvalue weighted by Gasteiger charge is 2.21. The van der Waals surface area contributed by atoms with E-state index in [0.717, 1.165) is 38.0 Å². The Morgan fingerprint density at radius 2 is 2.06 bits per heavy atom. The number of ether oxygens (including phenoxy) is 1. The first-order chi connectivity index (χ1) is 8.31. The maximum Gasteiger partial charge on any atom is 0.127 e. The lowest BCUT2D eigenvalue weighted by atomic mass is 9.89. The van der Waals surface area contributed by atoms with E-state index in [1.54, 1.807) is 6.07 Å². The van der Waals surface area contributed by atoms with E-state index in [-0.39, 0.29) is 11.9 Å². The van der Waals surface area contributed by atoms with Crippen LogP contribution in [0, 0.1) is 11.7 Å². The zero-order chi connectivity index (χ0) is 12.1. The number of nitrogens with one attached hydrogen (secondary N) is 1. The van der Waals surface area contributed by atoms with Gasteiger partial charge in [-0.1, -0.05) is 18.2 Å². The molecule has 0 aromatic heterocycles. The van der Waals surface area contributed by atoms with Crippen LogP contribution >= 0.6 is 0 Å². The maximum absolute atomic E-state index is 13.7. The SMILES string of the molecule is CNC(CC1CCOCC1)c1ccccc1F. The number of hydrogen-bond donors (Lipinski definition) is 1. The van der Waals surface area contributed by atoms with Crippen molar-refractivity contribution in [1.82, 2.24) is 5.32 Å². The van der Waals surface area contributed by atoms with E-state index in [9.17, 15) is 4.39 Å². The summed E-state index contributed by atoms with van der Waals surface area (Å²) in [5.41, 5.74) is 0.779. The zero-order valence-electron chi connectivity index (χ0n) is 10.3. The summed E-state index contributed by atoms with van der Waals surface area (Å²) in [5, 5.41) is 3.23. The molecule has 1 N–H and O–H groups in total. The molecule has 17 heavy (non-hydrogen) atoms. The Labute approximate surface area is 102 Å². The van der Waals surface area contributed by atoms with Crippen molar-refractivity contribution >= 4 is 0 Å². The lowest BCUT2D eigenvalue weighted by Gasteiger charge is -2.27. The van der Waals surface area contributed by atoms with E-state index < -0.39 is 0 Å². The predicted octanol–water partition coefficient (Wildman–Crippen LogP) is 2.90. The summed E-state index contributed by atoms with van der Waals surface area (Å²) in [5.74, 6) is 0.528. The molecule has 1 atom stereocenters. The minimum Gasteiger partial charge on any atom is -0.381 e. The van der Waals surface area contributed by atoms with Crippen molar-refractivity contribution in [1.29, 1.82) is 0 Å². The molecule has 2 nitrogen and oxygen atoms in total. The molecule has 0 amide bonds. The highest BCUT2D eigenvalue weighted by atomic mass is 19.1. The van der Waals surface area contributed by atoms with Crippen molar-refractivity contribution in [2.75, 3.05) is 20.3 Å². The van der Waals surface area contributed by atoms with Gasteiger partial charge in [-0.3, -0.25) is 0 Å². The second-order valence-corrected chi connectivity index (χ2v) is 4.65. The third-order valence-corrected chi connectivity index (χ3v) is 3.54. The van der Waals surface area contributed by atoms with Crippen molar-refractivity contribution in [3.05, 3.63) is 35.6 Å². The van der Waals surface area contributed by atoms with Gasteiger partial charge in [0, 0.05) is 24.8 Å². The molecular weight excluding hydrogens is 217 g/mol. The Kier molecular flexibility index (Phi) is 4.51. The summed E-state index contributed by atoms with van der Waals surface area (Å²) >= 11 is 0. The van der Waals surface area contributed by atoms with Crippen LogP contribution in [0.4, 0.5) is 4.39 Å². The van der Waals surface area contributed by atoms with Crippen LogP contribution in [-0.4, -0.2) is 20.3 Å². The fraction of sp³-hybridized carbons (Fsp3) is 0.571. The van der Waals surface area contributed by atoms with Gasteiger partial charge >= 0.3 is 0 Å². The summed E-state index contributed by atoms with van der Waals surface area (Å²) in [6.45, 7) is 1.69. The van der Waals surface area contributed by atoms with Crippen LogP contribution in [0.1, 0.15) is 30.9 Å². The van der Waals surface area contributed by atoms with Crippen LogP contribution in [0.5, 0.6) is 0 Å². The van der Waals surface area contributed by atoms with Gasteiger partial charge in [0.15, 0.2) is 0 Å². The summed E-state index contributed by atoms with van der Waals surface area (Å²) in [4.78, 5) is 0. The fourth-order valence-electron chi connectivity index (χ4n) is 2.47. The Hall–Kier alpha value is -0.930. The molecule has 1 unspecified atom stereocenters. The Bertz CT molecular complexity index is 350. The molecule has 1 aliphatic heterocycles. The van der Waals surface area contributed by atoms with Gasteiger partial charge in [0.1, 0.15) is 5.82 Å². The van der Waals surface area contributed by atoms with Crippen LogP contribution in [0.2, 0.25) is 0 Å². The molecule has 1 aromatic rings. The molecule has 1 fully saturated rings. The normalized spacial score (nSPS) is 19.2. The first-order valence-corrected chi connectivity index (χ1v) is 6.30. The number of hydrogen-bond acceptors (Lipinski definition) is 2. The first-order valence-electron chi connectivity index (χ1n) is 6.30. The molecule has 0 spiro atoms. The lowest BCUT2D eigenvalue weighted by molar-refractivity contribution is 0.0607. The molecule has 94 valence electrons. The van der Waals surface area contributed by atoms with Gasteiger partial charge in [0.2, 0.25) is 0 Å². The monoisotopic (exact) mass is 237 g/mol. The van der Waals surface area contributed by atoms with E-state index in [4.69, 9.17) is 4.74 Å². The van der Waals surface area contributed by atoms with Crippen molar-refractivity contribution in [2.45, 2.75) is 25.3 Å². The molecule has 3 heteroatoms. The van der Waals surface area contributed by atoms with Crippen molar-refractivity contribution in [2.24, 2.45) is 5.92 Å².